The molecule has 0 bridgehead atoms. The van der Waals surface area contributed by atoms with Crippen LogP contribution in [0.25, 0.3) is 0 Å². The van der Waals surface area contributed by atoms with Crippen molar-refractivity contribution in [1.82, 2.24) is 9.80 Å². The lowest BCUT2D eigenvalue weighted by Crippen LogP contribution is -2.59. The Morgan fingerprint density at radius 3 is 2.60 bits per heavy atom. The first-order valence-electron chi connectivity index (χ1n) is 10.4. The van der Waals surface area contributed by atoms with Crippen LogP contribution >= 0.6 is 0 Å². The zero-order valence-corrected chi connectivity index (χ0v) is 16.0. The van der Waals surface area contributed by atoms with E-state index in [2.05, 4.69) is 34.9 Å². The number of ether oxygens (including phenoxy) is 1. The van der Waals surface area contributed by atoms with Crippen LogP contribution in [0.5, 0.6) is 5.75 Å². The van der Waals surface area contributed by atoms with E-state index in [4.69, 9.17) is 4.74 Å². The third-order valence-corrected chi connectivity index (χ3v) is 6.88. The van der Waals surface area contributed by atoms with Crippen molar-refractivity contribution in [2.45, 2.75) is 70.5 Å². The first-order valence-corrected chi connectivity index (χ1v) is 10.4. The van der Waals surface area contributed by atoms with E-state index in [-0.39, 0.29) is 0 Å². The van der Waals surface area contributed by atoms with E-state index in [1.807, 2.05) is 0 Å². The van der Waals surface area contributed by atoms with Crippen LogP contribution in [-0.4, -0.2) is 48.6 Å². The highest BCUT2D eigenvalue weighted by Gasteiger charge is 2.42. The normalized spacial score (nSPS) is 28.9. The van der Waals surface area contributed by atoms with Gasteiger partial charge in [-0.15, -0.1) is 0 Å². The van der Waals surface area contributed by atoms with Crippen molar-refractivity contribution in [3.8, 4) is 5.75 Å². The van der Waals surface area contributed by atoms with Gasteiger partial charge in [-0.1, -0.05) is 31.4 Å². The first kappa shape index (κ1) is 17.4. The van der Waals surface area contributed by atoms with E-state index in [1.165, 1.54) is 75.7 Å². The van der Waals surface area contributed by atoms with Crippen molar-refractivity contribution >= 4 is 0 Å². The molecule has 25 heavy (non-hydrogen) atoms. The van der Waals surface area contributed by atoms with E-state index in [0.29, 0.717) is 0 Å². The predicted molar refractivity (Wildman–Crippen MR) is 103 cm³/mol. The number of methoxy groups -OCH3 is 1. The highest BCUT2D eigenvalue weighted by molar-refractivity contribution is 5.36. The summed E-state index contributed by atoms with van der Waals surface area (Å²) in [6.07, 6.45) is 10.1. The van der Waals surface area contributed by atoms with Gasteiger partial charge in [0, 0.05) is 31.7 Å². The molecular weight excluding hydrogens is 308 g/mol. The summed E-state index contributed by atoms with van der Waals surface area (Å²) in [7, 11) is 1.76. The number of fused-ring (bicyclic) bond motifs is 1. The van der Waals surface area contributed by atoms with Crippen molar-refractivity contribution in [3.05, 3.63) is 29.3 Å². The molecule has 0 radical (unpaired) electrons. The fourth-order valence-corrected chi connectivity index (χ4v) is 5.71. The molecule has 2 atom stereocenters. The van der Waals surface area contributed by atoms with Gasteiger partial charge in [-0.3, -0.25) is 9.80 Å². The molecule has 0 N–H and O–H groups in total. The molecule has 2 saturated heterocycles. The summed E-state index contributed by atoms with van der Waals surface area (Å²) in [5.74, 6) is 1.92. The van der Waals surface area contributed by atoms with Crippen LogP contribution in [0.2, 0.25) is 0 Å². The second-order valence-electron chi connectivity index (χ2n) is 8.41. The standard InChI is InChI=1S/C22H34N2O/c1-17-15-18(10-11-21(17)25-2)16-24-14-13-23-12-6-9-20(23)22(24)19-7-4-3-5-8-19/h10-11,15,19-20,22H,3-9,12-14,16H2,1-2H3/t20-,22+/m0/s1. The molecule has 0 aromatic heterocycles. The second kappa shape index (κ2) is 7.67. The quantitative estimate of drug-likeness (QED) is 0.814. The summed E-state index contributed by atoms with van der Waals surface area (Å²) in [6, 6.07) is 8.34. The van der Waals surface area contributed by atoms with Gasteiger partial charge in [-0.05, 0) is 62.3 Å². The molecule has 2 aliphatic heterocycles. The SMILES string of the molecule is COc1ccc(CN2CCN3CCC[C@H]3[C@H]2C2CCCCC2)cc1C. The minimum atomic E-state index is 0.777. The van der Waals surface area contributed by atoms with Gasteiger partial charge in [0.2, 0.25) is 0 Å². The highest BCUT2D eigenvalue weighted by Crippen LogP contribution is 2.38. The van der Waals surface area contributed by atoms with Gasteiger partial charge in [0.05, 0.1) is 7.11 Å². The minimum Gasteiger partial charge on any atom is -0.496 e. The largest absolute Gasteiger partial charge is 0.496 e. The van der Waals surface area contributed by atoms with E-state index in [0.717, 1.165) is 30.3 Å². The smallest absolute Gasteiger partial charge is 0.121 e. The van der Waals surface area contributed by atoms with Crippen molar-refractivity contribution in [3.63, 3.8) is 0 Å². The average Bonchev–Trinajstić information content (AvgIpc) is 3.11. The zero-order valence-electron chi connectivity index (χ0n) is 16.0. The topological polar surface area (TPSA) is 15.7 Å². The Balaban J connectivity index is 1.54. The molecule has 3 nitrogen and oxygen atoms in total. The lowest BCUT2D eigenvalue weighted by atomic mass is 9.78. The van der Waals surface area contributed by atoms with Crippen LogP contribution in [-0.2, 0) is 6.54 Å². The summed E-state index contributed by atoms with van der Waals surface area (Å²) in [6.45, 7) is 7.11. The molecule has 2 heterocycles. The van der Waals surface area contributed by atoms with E-state index in [1.54, 1.807) is 7.11 Å². The third-order valence-electron chi connectivity index (χ3n) is 6.88. The molecule has 1 aromatic rings. The monoisotopic (exact) mass is 342 g/mol. The Kier molecular flexibility index (Phi) is 5.33. The molecule has 0 amide bonds. The summed E-state index contributed by atoms with van der Waals surface area (Å²) in [4.78, 5) is 5.64. The van der Waals surface area contributed by atoms with Crippen molar-refractivity contribution in [1.29, 1.82) is 0 Å². The molecule has 1 saturated carbocycles. The van der Waals surface area contributed by atoms with Gasteiger partial charge >= 0.3 is 0 Å². The molecule has 3 fully saturated rings. The highest BCUT2D eigenvalue weighted by atomic mass is 16.5. The number of hydrogen-bond donors (Lipinski definition) is 0. The Morgan fingerprint density at radius 2 is 1.84 bits per heavy atom. The lowest BCUT2D eigenvalue weighted by Gasteiger charge is -2.49. The van der Waals surface area contributed by atoms with E-state index >= 15 is 0 Å². The van der Waals surface area contributed by atoms with Gasteiger partial charge < -0.3 is 4.74 Å². The van der Waals surface area contributed by atoms with Crippen LogP contribution in [0.1, 0.15) is 56.1 Å². The van der Waals surface area contributed by atoms with Crippen molar-refractivity contribution in [2.75, 3.05) is 26.7 Å². The van der Waals surface area contributed by atoms with Gasteiger partial charge in [-0.2, -0.15) is 0 Å². The number of benzene rings is 1. The molecule has 3 aliphatic rings. The van der Waals surface area contributed by atoms with Gasteiger partial charge in [0.15, 0.2) is 0 Å². The molecule has 0 spiro atoms. The van der Waals surface area contributed by atoms with E-state index in [9.17, 15) is 0 Å². The summed E-state index contributed by atoms with van der Waals surface area (Å²) >= 11 is 0. The molecule has 1 aliphatic carbocycles. The fourth-order valence-electron chi connectivity index (χ4n) is 5.71. The Morgan fingerprint density at radius 1 is 1.00 bits per heavy atom. The van der Waals surface area contributed by atoms with Crippen molar-refractivity contribution in [2.24, 2.45) is 5.92 Å². The van der Waals surface area contributed by atoms with Gasteiger partial charge in [0.1, 0.15) is 5.75 Å². The Hall–Kier alpha value is -1.06. The zero-order chi connectivity index (χ0) is 17.2. The Labute approximate surface area is 153 Å². The number of hydrogen-bond acceptors (Lipinski definition) is 3. The number of rotatable bonds is 4. The minimum absolute atomic E-state index is 0.777. The molecule has 4 rings (SSSR count). The molecule has 3 heteroatoms. The van der Waals surface area contributed by atoms with E-state index < -0.39 is 0 Å². The predicted octanol–water partition coefficient (Wildman–Crippen LogP) is 4.23. The second-order valence-corrected chi connectivity index (χ2v) is 8.41. The first-order chi connectivity index (χ1) is 12.3. The van der Waals surface area contributed by atoms with Crippen LogP contribution in [0.15, 0.2) is 18.2 Å². The fraction of sp³-hybridized carbons (Fsp3) is 0.727. The molecular formula is C22H34N2O. The van der Waals surface area contributed by atoms with Crippen molar-refractivity contribution < 1.29 is 4.74 Å². The summed E-state index contributed by atoms with van der Waals surface area (Å²) < 4.78 is 5.44. The van der Waals surface area contributed by atoms with Gasteiger partial charge in [0.25, 0.3) is 0 Å². The molecule has 1 aromatic carbocycles. The van der Waals surface area contributed by atoms with Gasteiger partial charge in [-0.25, -0.2) is 0 Å². The maximum atomic E-state index is 5.44. The van der Waals surface area contributed by atoms with Crippen LogP contribution < -0.4 is 4.74 Å². The summed E-state index contributed by atoms with van der Waals surface area (Å²) in [5.41, 5.74) is 2.71. The number of piperazine rings is 1. The maximum Gasteiger partial charge on any atom is 0.121 e. The molecule has 0 unspecified atom stereocenters. The van der Waals surface area contributed by atoms with Crippen LogP contribution in [0.3, 0.4) is 0 Å². The average molecular weight is 343 g/mol. The Bertz CT molecular complexity index is 581. The van der Waals surface area contributed by atoms with Crippen LogP contribution in [0, 0.1) is 12.8 Å². The van der Waals surface area contributed by atoms with Crippen LogP contribution in [0.4, 0.5) is 0 Å². The number of aryl methyl sites for hydroxylation is 1. The third kappa shape index (κ3) is 3.59. The molecule has 138 valence electrons. The lowest BCUT2D eigenvalue weighted by molar-refractivity contribution is -0.00381. The number of nitrogens with zero attached hydrogens (tertiary/aromatic N) is 2. The summed E-state index contributed by atoms with van der Waals surface area (Å²) in [5, 5.41) is 0. The maximum absolute atomic E-state index is 5.44.